The predicted octanol–water partition coefficient (Wildman–Crippen LogP) is 1.51. The van der Waals surface area contributed by atoms with Crippen LogP contribution < -0.4 is 0 Å². The van der Waals surface area contributed by atoms with Crippen LogP contribution in [0.1, 0.15) is 13.8 Å². The smallest absolute Gasteiger partial charge is 0.342 e. The van der Waals surface area contributed by atoms with E-state index in [1.54, 1.807) is 0 Å². The average molecular weight is 209 g/mol. The Morgan fingerprint density at radius 2 is 2.23 bits per heavy atom. The van der Waals surface area contributed by atoms with Crippen LogP contribution in [0.25, 0.3) is 0 Å². The van der Waals surface area contributed by atoms with Crippen LogP contribution in [-0.4, -0.2) is 32.2 Å². The third-order valence-corrected chi connectivity index (χ3v) is 4.37. The van der Waals surface area contributed by atoms with Crippen LogP contribution in [0.3, 0.4) is 0 Å². The van der Waals surface area contributed by atoms with E-state index in [0.717, 1.165) is 0 Å². The van der Waals surface area contributed by atoms with Gasteiger partial charge < -0.3 is 4.74 Å². The summed E-state index contributed by atoms with van der Waals surface area (Å²) >= 11 is 0. The minimum absolute atomic E-state index is 0.166. The van der Waals surface area contributed by atoms with Crippen LogP contribution in [0, 0.1) is 0 Å². The SMILES string of the molecule is CO[P+]12OCCOC(C)(O1)C(C)O2. The maximum Gasteiger partial charge on any atom is 0.578 e. The van der Waals surface area contributed by atoms with Gasteiger partial charge in [-0.15, -0.1) is 9.05 Å². The van der Waals surface area contributed by atoms with Crippen molar-refractivity contribution >= 4 is 8.17 Å². The topological polar surface area (TPSA) is 46.2 Å². The summed E-state index contributed by atoms with van der Waals surface area (Å²) in [6.45, 7) is 4.68. The molecule has 3 unspecified atom stereocenters. The average Bonchev–Trinajstić information content (AvgIpc) is 2.27. The monoisotopic (exact) mass is 209 g/mol. The van der Waals surface area contributed by atoms with Crippen molar-refractivity contribution in [3.05, 3.63) is 0 Å². The fourth-order valence-corrected chi connectivity index (χ4v) is 3.28. The van der Waals surface area contributed by atoms with Gasteiger partial charge in [-0.2, -0.15) is 9.05 Å². The minimum atomic E-state index is -2.57. The highest BCUT2D eigenvalue weighted by Gasteiger charge is 2.68. The molecule has 0 N–H and O–H groups in total. The van der Waals surface area contributed by atoms with Crippen molar-refractivity contribution in [2.75, 3.05) is 20.3 Å². The highest BCUT2D eigenvalue weighted by Crippen LogP contribution is 2.71. The van der Waals surface area contributed by atoms with Crippen LogP contribution in [0.5, 0.6) is 0 Å². The Morgan fingerprint density at radius 3 is 2.92 bits per heavy atom. The number of ether oxygens (including phenoxy) is 1. The van der Waals surface area contributed by atoms with Crippen molar-refractivity contribution in [3.63, 3.8) is 0 Å². The first-order chi connectivity index (χ1) is 6.10. The molecule has 0 saturated carbocycles. The van der Waals surface area contributed by atoms with E-state index in [0.29, 0.717) is 13.2 Å². The molecule has 0 radical (unpaired) electrons. The summed E-state index contributed by atoms with van der Waals surface area (Å²) in [5.41, 5.74) is 0. The zero-order chi connectivity index (χ0) is 9.53. The molecule has 0 spiro atoms. The van der Waals surface area contributed by atoms with Crippen molar-refractivity contribution in [3.8, 4) is 0 Å². The molecular weight excluding hydrogens is 195 g/mol. The summed E-state index contributed by atoms with van der Waals surface area (Å²) < 4.78 is 27.1. The molecule has 2 heterocycles. The first-order valence-corrected chi connectivity index (χ1v) is 5.69. The van der Waals surface area contributed by atoms with Gasteiger partial charge in [-0.1, -0.05) is 0 Å². The maximum absolute atomic E-state index is 5.58. The van der Waals surface area contributed by atoms with Gasteiger partial charge in [-0.05, 0) is 13.8 Å². The standard InChI is InChI=1S/C7H14O5P/c1-6-7(2)9-4-5-10-13(8-3,11-6)12-7/h6H,4-5H2,1-3H3/q+1. The molecule has 2 aliphatic rings. The summed E-state index contributed by atoms with van der Waals surface area (Å²) in [6, 6.07) is 0. The van der Waals surface area contributed by atoms with Crippen LogP contribution in [0.4, 0.5) is 0 Å². The number of hydrogen-bond donors (Lipinski definition) is 0. The summed E-state index contributed by atoms with van der Waals surface area (Å²) in [7, 11) is -1.04. The zero-order valence-electron chi connectivity index (χ0n) is 7.98. The lowest BCUT2D eigenvalue weighted by atomic mass is 10.2. The molecule has 5 nitrogen and oxygen atoms in total. The fraction of sp³-hybridized carbons (Fsp3) is 1.00. The molecule has 2 fully saturated rings. The van der Waals surface area contributed by atoms with E-state index < -0.39 is 14.0 Å². The Labute approximate surface area is 77.9 Å². The van der Waals surface area contributed by atoms with Gasteiger partial charge >= 0.3 is 8.17 Å². The molecular formula is C7H14O5P+. The van der Waals surface area contributed by atoms with Crippen molar-refractivity contribution in [1.29, 1.82) is 0 Å². The molecule has 76 valence electrons. The summed E-state index contributed by atoms with van der Waals surface area (Å²) in [5, 5.41) is 0. The van der Waals surface area contributed by atoms with E-state index in [4.69, 9.17) is 22.8 Å². The molecule has 2 saturated heterocycles. The first-order valence-electron chi connectivity index (χ1n) is 4.23. The largest absolute Gasteiger partial charge is 0.578 e. The van der Waals surface area contributed by atoms with Gasteiger partial charge in [0.1, 0.15) is 6.61 Å². The summed E-state index contributed by atoms with van der Waals surface area (Å²) in [6.07, 6.45) is -0.166. The molecule has 13 heavy (non-hydrogen) atoms. The summed E-state index contributed by atoms with van der Waals surface area (Å²) in [4.78, 5) is 0. The second-order valence-corrected chi connectivity index (χ2v) is 5.08. The third-order valence-electron chi connectivity index (χ3n) is 2.26. The third kappa shape index (κ3) is 1.50. The Balaban J connectivity index is 2.24. The lowest BCUT2D eigenvalue weighted by Crippen LogP contribution is -2.37. The normalized spacial score (nSPS) is 50.5. The second kappa shape index (κ2) is 3.12. The predicted molar refractivity (Wildman–Crippen MR) is 45.9 cm³/mol. The number of rotatable bonds is 1. The quantitative estimate of drug-likeness (QED) is 0.612. The van der Waals surface area contributed by atoms with Crippen molar-refractivity contribution in [2.24, 2.45) is 0 Å². The molecule has 6 heteroatoms. The van der Waals surface area contributed by atoms with Gasteiger partial charge in [0.05, 0.1) is 13.7 Å². The van der Waals surface area contributed by atoms with Crippen LogP contribution >= 0.6 is 8.17 Å². The van der Waals surface area contributed by atoms with Crippen molar-refractivity contribution in [2.45, 2.75) is 25.7 Å². The minimum Gasteiger partial charge on any atom is -0.342 e. The molecule has 2 rings (SSSR count). The maximum atomic E-state index is 5.58. The van der Waals surface area contributed by atoms with E-state index in [-0.39, 0.29) is 6.10 Å². The van der Waals surface area contributed by atoms with E-state index in [2.05, 4.69) is 0 Å². The molecule has 2 aliphatic heterocycles. The molecule has 0 aliphatic carbocycles. The van der Waals surface area contributed by atoms with Gasteiger partial charge in [0, 0.05) is 0 Å². The van der Waals surface area contributed by atoms with Gasteiger partial charge in [0.15, 0.2) is 6.10 Å². The highest BCUT2D eigenvalue weighted by atomic mass is 31.2. The summed E-state index contributed by atoms with van der Waals surface area (Å²) in [5.74, 6) is -0.722. The molecule has 0 aromatic carbocycles. The molecule has 2 bridgehead atoms. The number of hydrogen-bond acceptors (Lipinski definition) is 5. The van der Waals surface area contributed by atoms with Gasteiger partial charge in [0.2, 0.25) is 5.79 Å². The van der Waals surface area contributed by atoms with Crippen LogP contribution in [-0.2, 0) is 22.8 Å². The lowest BCUT2D eigenvalue weighted by molar-refractivity contribution is -0.178. The Morgan fingerprint density at radius 1 is 1.46 bits per heavy atom. The van der Waals surface area contributed by atoms with Crippen LogP contribution in [0.15, 0.2) is 0 Å². The molecule has 0 aromatic rings. The molecule has 3 atom stereocenters. The van der Waals surface area contributed by atoms with Crippen molar-refractivity contribution < 1.29 is 22.8 Å². The Kier molecular flexibility index (Phi) is 2.35. The molecule has 0 amide bonds. The Bertz CT molecular complexity index is 213. The number of fused-ring (bicyclic) bond motifs is 2. The van der Waals surface area contributed by atoms with E-state index >= 15 is 0 Å². The van der Waals surface area contributed by atoms with E-state index in [1.165, 1.54) is 7.11 Å². The second-order valence-electron chi connectivity index (χ2n) is 3.17. The van der Waals surface area contributed by atoms with E-state index in [1.807, 2.05) is 13.8 Å². The fourth-order valence-electron chi connectivity index (χ4n) is 1.33. The van der Waals surface area contributed by atoms with Crippen molar-refractivity contribution in [1.82, 2.24) is 0 Å². The molecule has 0 aromatic heterocycles. The van der Waals surface area contributed by atoms with Crippen LogP contribution in [0.2, 0.25) is 0 Å². The van der Waals surface area contributed by atoms with E-state index in [9.17, 15) is 0 Å². The first kappa shape index (κ1) is 9.77. The van der Waals surface area contributed by atoms with Gasteiger partial charge in [-0.3, -0.25) is 0 Å². The lowest BCUT2D eigenvalue weighted by Gasteiger charge is -2.19. The van der Waals surface area contributed by atoms with Gasteiger partial charge in [-0.25, -0.2) is 0 Å². The Hall–Kier alpha value is 0.230. The highest BCUT2D eigenvalue weighted by molar-refractivity contribution is 7.56. The van der Waals surface area contributed by atoms with Gasteiger partial charge in [0.25, 0.3) is 0 Å². The zero-order valence-corrected chi connectivity index (χ0v) is 8.87.